The number of aliphatic hydroxyl groups is 1. The topological polar surface area (TPSA) is 107 Å². The Hall–Kier alpha value is -2.42. The number of ether oxygens (including phenoxy) is 1. The zero-order valence-electron chi connectivity index (χ0n) is 18.4. The standard InChI is InChI=1S/C24H29ClN2O6/c1-2-12-26(16-8-6-15(25)7-9-16)22(30)20-24-11-10-17(33-24)18(23(31)32)19(24)21(29)27(20)13-4-3-5-14-28/h2,6-9,17-20,28H,1,3-5,10-14H2,(H,31,32)/t17-,18+,19+,20-,24+/m1/s1. The van der Waals surface area contributed by atoms with Crippen molar-refractivity contribution in [2.24, 2.45) is 11.8 Å². The van der Waals surface area contributed by atoms with Gasteiger partial charge in [-0.25, -0.2) is 0 Å². The van der Waals surface area contributed by atoms with Crippen molar-refractivity contribution in [3.63, 3.8) is 0 Å². The van der Waals surface area contributed by atoms with E-state index in [2.05, 4.69) is 6.58 Å². The van der Waals surface area contributed by atoms with Crippen molar-refractivity contribution in [2.75, 3.05) is 24.6 Å². The number of amides is 2. The van der Waals surface area contributed by atoms with Gasteiger partial charge >= 0.3 is 5.97 Å². The molecule has 8 nitrogen and oxygen atoms in total. The number of rotatable bonds is 10. The number of fused-ring (bicyclic) bond motifs is 1. The summed E-state index contributed by atoms with van der Waals surface area (Å²) in [4.78, 5) is 42.7. The fourth-order valence-corrected chi connectivity index (χ4v) is 5.87. The van der Waals surface area contributed by atoms with Crippen molar-refractivity contribution >= 4 is 35.1 Å². The molecule has 1 spiro atoms. The quantitative estimate of drug-likeness (QED) is 0.397. The van der Waals surface area contributed by atoms with E-state index in [0.29, 0.717) is 49.4 Å². The second-order valence-corrected chi connectivity index (χ2v) is 9.36. The number of anilines is 1. The minimum absolute atomic E-state index is 0.0540. The lowest BCUT2D eigenvalue weighted by Crippen LogP contribution is -2.56. The normalized spacial score (nSPS) is 29.9. The number of likely N-dealkylation sites (tertiary alicyclic amines) is 1. The minimum Gasteiger partial charge on any atom is -0.481 e. The van der Waals surface area contributed by atoms with Crippen LogP contribution in [0.1, 0.15) is 32.1 Å². The van der Waals surface area contributed by atoms with Gasteiger partial charge in [0.15, 0.2) is 0 Å². The Morgan fingerprint density at radius 3 is 2.64 bits per heavy atom. The van der Waals surface area contributed by atoms with Crippen molar-refractivity contribution in [3.8, 4) is 0 Å². The smallest absolute Gasteiger partial charge is 0.310 e. The second-order valence-electron chi connectivity index (χ2n) is 8.92. The molecule has 3 aliphatic heterocycles. The van der Waals surface area contributed by atoms with Crippen LogP contribution in [0.25, 0.3) is 0 Å². The third-order valence-corrected chi connectivity index (χ3v) is 7.34. The molecule has 2 bridgehead atoms. The number of nitrogens with zero attached hydrogens (tertiary/aromatic N) is 2. The first-order chi connectivity index (χ1) is 15.9. The highest BCUT2D eigenvalue weighted by Gasteiger charge is 2.74. The maximum absolute atomic E-state index is 14.1. The molecule has 0 saturated carbocycles. The predicted octanol–water partition coefficient (Wildman–Crippen LogP) is 2.48. The van der Waals surface area contributed by atoms with E-state index in [9.17, 15) is 19.5 Å². The number of carboxylic acid groups (broad SMARTS) is 1. The van der Waals surface area contributed by atoms with Crippen molar-refractivity contribution in [2.45, 2.75) is 49.9 Å². The van der Waals surface area contributed by atoms with Gasteiger partial charge in [0.2, 0.25) is 5.91 Å². The molecule has 3 saturated heterocycles. The van der Waals surface area contributed by atoms with Gasteiger partial charge in [-0.15, -0.1) is 6.58 Å². The van der Waals surface area contributed by atoms with Crippen molar-refractivity contribution in [1.82, 2.24) is 4.90 Å². The molecule has 4 rings (SSSR count). The molecule has 3 heterocycles. The van der Waals surface area contributed by atoms with Gasteiger partial charge in [-0.05, 0) is 56.4 Å². The average Bonchev–Trinajstić information content (AvgIpc) is 3.43. The first-order valence-corrected chi connectivity index (χ1v) is 11.7. The summed E-state index contributed by atoms with van der Waals surface area (Å²) in [5.41, 5.74) is -0.538. The molecule has 3 fully saturated rings. The van der Waals surface area contributed by atoms with E-state index < -0.39 is 35.6 Å². The van der Waals surface area contributed by atoms with Gasteiger partial charge < -0.3 is 24.7 Å². The van der Waals surface area contributed by atoms with E-state index in [4.69, 9.17) is 21.4 Å². The molecule has 2 N–H and O–H groups in total. The molecular formula is C24H29ClN2O6. The molecule has 178 valence electrons. The summed E-state index contributed by atoms with van der Waals surface area (Å²) in [6.07, 6.45) is 3.90. The largest absolute Gasteiger partial charge is 0.481 e. The van der Waals surface area contributed by atoms with Crippen LogP contribution in [0, 0.1) is 11.8 Å². The van der Waals surface area contributed by atoms with Crippen molar-refractivity contribution < 1.29 is 29.3 Å². The molecule has 0 unspecified atom stereocenters. The number of unbranched alkanes of at least 4 members (excludes halogenated alkanes) is 2. The Kier molecular flexibility index (Phi) is 6.79. The monoisotopic (exact) mass is 476 g/mol. The summed E-state index contributed by atoms with van der Waals surface area (Å²) in [5, 5.41) is 19.5. The van der Waals surface area contributed by atoms with Crippen LogP contribution in [0.3, 0.4) is 0 Å². The third kappa shape index (κ3) is 3.94. The number of carbonyl (C=O) groups excluding carboxylic acids is 2. The van der Waals surface area contributed by atoms with Crippen LogP contribution in [0.4, 0.5) is 5.69 Å². The molecule has 5 atom stereocenters. The van der Waals surface area contributed by atoms with E-state index >= 15 is 0 Å². The van der Waals surface area contributed by atoms with Crippen LogP contribution in [0.2, 0.25) is 5.02 Å². The highest BCUT2D eigenvalue weighted by molar-refractivity contribution is 6.30. The van der Waals surface area contributed by atoms with Crippen LogP contribution >= 0.6 is 11.6 Å². The Morgan fingerprint density at radius 1 is 1.27 bits per heavy atom. The molecule has 3 aliphatic rings. The summed E-state index contributed by atoms with van der Waals surface area (Å²) >= 11 is 6.02. The molecule has 2 amide bonds. The van der Waals surface area contributed by atoms with Crippen molar-refractivity contribution in [3.05, 3.63) is 41.9 Å². The minimum atomic E-state index is -1.15. The molecule has 1 aromatic carbocycles. The maximum Gasteiger partial charge on any atom is 0.310 e. The van der Waals surface area contributed by atoms with Gasteiger partial charge in [-0.1, -0.05) is 17.7 Å². The Balaban J connectivity index is 1.72. The molecule has 9 heteroatoms. The van der Waals surface area contributed by atoms with E-state index in [1.165, 1.54) is 4.90 Å². The molecule has 0 radical (unpaired) electrons. The summed E-state index contributed by atoms with van der Waals surface area (Å²) in [5.74, 6) is -3.54. The summed E-state index contributed by atoms with van der Waals surface area (Å²) in [7, 11) is 0. The molecular weight excluding hydrogens is 448 g/mol. The Bertz CT molecular complexity index is 937. The maximum atomic E-state index is 14.1. The molecule has 1 aromatic rings. The SMILES string of the molecule is C=CCN(C(=O)[C@H]1N(CCCCCO)C(=O)[C@@H]2[C@@H](C(=O)O)[C@H]3CC[C@]21O3)c1ccc(Cl)cc1. The summed E-state index contributed by atoms with van der Waals surface area (Å²) in [6.45, 7) is 4.35. The third-order valence-electron chi connectivity index (χ3n) is 7.09. The fraction of sp³-hybridized carbons (Fsp3) is 0.542. The van der Waals surface area contributed by atoms with E-state index in [1.807, 2.05) is 0 Å². The number of aliphatic carboxylic acids is 1. The molecule has 0 aromatic heterocycles. The zero-order valence-corrected chi connectivity index (χ0v) is 19.1. The Morgan fingerprint density at radius 2 is 2.00 bits per heavy atom. The number of carboxylic acids is 1. The fourth-order valence-electron chi connectivity index (χ4n) is 5.75. The summed E-state index contributed by atoms with van der Waals surface area (Å²) < 4.78 is 6.23. The second kappa shape index (κ2) is 9.44. The lowest BCUT2D eigenvalue weighted by atomic mass is 9.70. The predicted molar refractivity (Wildman–Crippen MR) is 122 cm³/mol. The van der Waals surface area contributed by atoms with Crippen LogP contribution in [-0.4, -0.2) is 70.3 Å². The van der Waals surface area contributed by atoms with Gasteiger partial charge in [0.25, 0.3) is 5.91 Å². The van der Waals surface area contributed by atoms with Gasteiger partial charge in [0.1, 0.15) is 11.6 Å². The Labute approximate surface area is 197 Å². The van der Waals surface area contributed by atoms with Crippen LogP contribution < -0.4 is 4.90 Å². The van der Waals surface area contributed by atoms with Gasteiger partial charge in [0, 0.05) is 30.4 Å². The molecule has 0 aliphatic carbocycles. The lowest BCUT2D eigenvalue weighted by Gasteiger charge is -2.36. The van der Waals surface area contributed by atoms with E-state index in [0.717, 1.165) is 0 Å². The lowest BCUT2D eigenvalue weighted by molar-refractivity contribution is -0.149. The van der Waals surface area contributed by atoms with E-state index in [-0.39, 0.29) is 25.0 Å². The number of benzene rings is 1. The first-order valence-electron chi connectivity index (χ1n) is 11.4. The number of carbonyl (C=O) groups is 3. The highest BCUT2D eigenvalue weighted by Crippen LogP contribution is 2.58. The number of halogens is 1. The van der Waals surface area contributed by atoms with E-state index in [1.54, 1.807) is 35.2 Å². The van der Waals surface area contributed by atoms with Gasteiger partial charge in [-0.3, -0.25) is 14.4 Å². The van der Waals surface area contributed by atoms with Crippen LogP contribution in [0.15, 0.2) is 36.9 Å². The van der Waals surface area contributed by atoms with Crippen LogP contribution in [-0.2, 0) is 19.1 Å². The van der Waals surface area contributed by atoms with Crippen LogP contribution in [0.5, 0.6) is 0 Å². The summed E-state index contributed by atoms with van der Waals surface area (Å²) in [6, 6.07) is 5.91. The number of hydrogen-bond donors (Lipinski definition) is 2. The van der Waals surface area contributed by atoms with Gasteiger partial charge in [-0.2, -0.15) is 0 Å². The average molecular weight is 477 g/mol. The zero-order chi connectivity index (χ0) is 23.8. The van der Waals surface area contributed by atoms with Gasteiger partial charge in [0.05, 0.1) is 17.9 Å². The number of aliphatic hydroxyl groups excluding tert-OH is 1. The van der Waals surface area contributed by atoms with Crippen molar-refractivity contribution in [1.29, 1.82) is 0 Å². The number of hydrogen-bond acceptors (Lipinski definition) is 5. The first kappa shape index (κ1) is 23.7. The highest BCUT2D eigenvalue weighted by atomic mass is 35.5. The molecule has 33 heavy (non-hydrogen) atoms.